The Kier molecular flexibility index (Phi) is 7.73. The quantitative estimate of drug-likeness (QED) is 0.636. The van der Waals surface area contributed by atoms with E-state index in [2.05, 4.69) is 20.2 Å². The highest BCUT2D eigenvalue weighted by molar-refractivity contribution is 7.16. The number of likely N-dealkylation sites (tertiary alicyclic amines) is 1. The number of thiophene rings is 1. The molecule has 0 atom stereocenters. The normalized spacial score (nSPS) is 15.2. The zero-order valence-electron chi connectivity index (χ0n) is 14.4. The van der Waals surface area contributed by atoms with Crippen molar-refractivity contribution in [3.05, 3.63) is 53.2 Å². The summed E-state index contributed by atoms with van der Waals surface area (Å²) in [6.07, 6.45) is 3.52. The molecule has 0 aliphatic carbocycles. The number of piperidine rings is 1. The Labute approximate surface area is 172 Å². The van der Waals surface area contributed by atoms with Crippen molar-refractivity contribution >= 4 is 52.2 Å². The van der Waals surface area contributed by atoms with Gasteiger partial charge >= 0.3 is 0 Å². The second-order valence-corrected chi connectivity index (χ2v) is 7.23. The monoisotopic (exact) mass is 432 g/mol. The lowest BCUT2D eigenvalue weighted by Gasteiger charge is -2.32. The van der Waals surface area contributed by atoms with Gasteiger partial charge in [-0.05, 0) is 42.0 Å². The lowest BCUT2D eigenvalue weighted by Crippen LogP contribution is -2.38. The second-order valence-electron chi connectivity index (χ2n) is 6.33. The van der Waals surface area contributed by atoms with Gasteiger partial charge in [-0.3, -0.25) is 4.90 Å². The van der Waals surface area contributed by atoms with Crippen LogP contribution >= 0.6 is 36.2 Å². The summed E-state index contributed by atoms with van der Waals surface area (Å²) in [7, 11) is 0. The first-order valence-corrected chi connectivity index (χ1v) is 9.17. The molecule has 1 N–H and O–H groups in total. The van der Waals surface area contributed by atoms with Gasteiger partial charge in [0, 0.05) is 31.7 Å². The smallest absolute Gasteiger partial charge is 0.138 e. The highest BCUT2D eigenvalue weighted by Gasteiger charge is 2.20. The molecular weight excluding hydrogens is 413 g/mol. The fourth-order valence-electron chi connectivity index (χ4n) is 3.29. The van der Waals surface area contributed by atoms with Crippen LogP contribution in [0.3, 0.4) is 0 Å². The Morgan fingerprint density at radius 1 is 1.07 bits per heavy atom. The summed E-state index contributed by atoms with van der Waals surface area (Å²) in [4.78, 5) is 11.9. The van der Waals surface area contributed by atoms with Crippen LogP contribution in [0.5, 0.6) is 0 Å². The molecule has 0 bridgehead atoms. The maximum absolute atomic E-state index is 13.3. The Morgan fingerprint density at radius 3 is 2.48 bits per heavy atom. The Balaban J connectivity index is 0.00000131. The number of nitrogens with zero attached hydrogens (tertiary/aromatic N) is 3. The molecule has 1 aromatic carbocycles. The molecule has 4 rings (SSSR count). The first kappa shape index (κ1) is 21.8. The lowest BCUT2D eigenvalue weighted by molar-refractivity contribution is 0.211. The van der Waals surface area contributed by atoms with Crippen molar-refractivity contribution in [1.82, 2.24) is 14.9 Å². The molecule has 1 aliphatic rings. The van der Waals surface area contributed by atoms with E-state index in [0.29, 0.717) is 18.2 Å². The molecule has 146 valence electrons. The summed E-state index contributed by atoms with van der Waals surface area (Å²) >= 11 is 1.61. The van der Waals surface area contributed by atoms with Crippen molar-refractivity contribution in [2.75, 3.05) is 18.4 Å². The van der Waals surface area contributed by atoms with Crippen molar-refractivity contribution in [3.8, 4) is 0 Å². The maximum atomic E-state index is 13.3. The molecule has 3 heterocycles. The van der Waals surface area contributed by atoms with Crippen LogP contribution < -0.4 is 5.32 Å². The minimum Gasteiger partial charge on any atom is -0.367 e. The number of benzene rings is 1. The van der Waals surface area contributed by atoms with E-state index >= 15 is 0 Å². The standard InChI is InChI=1S/C18H18F2N4S.2ClH/c19-13-7-12(8-14(20)9-13)10-24-4-1-15(2-5-24)23-17-16-3-6-25-18(16)22-11-21-17;;/h3,6-9,11,15H,1-2,4-5,10H2,(H,21,22,23);2*1H. The zero-order valence-corrected chi connectivity index (χ0v) is 16.8. The van der Waals surface area contributed by atoms with Crippen molar-refractivity contribution in [3.63, 3.8) is 0 Å². The molecular formula is C18H20Cl2F2N4S. The Morgan fingerprint density at radius 2 is 1.78 bits per heavy atom. The molecule has 2 aromatic heterocycles. The average Bonchev–Trinajstić information content (AvgIpc) is 3.05. The molecule has 3 aromatic rings. The lowest BCUT2D eigenvalue weighted by atomic mass is 10.0. The van der Waals surface area contributed by atoms with Crippen molar-refractivity contribution in [2.24, 2.45) is 0 Å². The molecule has 0 saturated carbocycles. The third kappa shape index (κ3) is 5.25. The summed E-state index contributed by atoms with van der Waals surface area (Å²) in [5, 5.41) is 6.60. The fourth-order valence-corrected chi connectivity index (χ4v) is 4.03. The van der Waals surface area contributed by atoms with Crippen molar-refractivity contribution < 1.29 is 8.78 Å². The number of halogens is 4. The van der Waals surface area contributed by atoms with E-state index in [1.54, 1.807) is 17.7 Å². The van der Waals surface area contributed by atoms with E-state index in [-0.39, 0.29) is 24.8 Å². The second kappa shape index (κ2) is 9.59. The van der Waals surface area contributed by atoms with Crippen molar-refractivity contribution in [1.29, 1.82) is 0 Å². The van der Waals surface area contributed by atoms with Gasteiger partial charge in [-0.2, -0.15) is 0 Å². The van der Waals surface area contributed by atoms with Crippen LogP contribution in [-0.2, 0) is 6.54 Å². The molecule has 1 fully saturated rings. The molecule has 0 spiro atoms. The van der Waals surface area contributed by atoms with Gasteiger partial charge in [0.15, 0.2) is 0 Å². The Bertz CT molecular complexity index is 864. The molecule has 0 amide bonds. The fraction of sp³-hybridized carbons (Fsp3) is 0.333. The number of hydrogen-bond donors (Lipinski definition) is 1. The number of aromatic nitrogens is 2. The minimum atomic E-state index is -0.518. The van der Waals surface area contributed by atoms with E-state index in [0.717, 1.165) is 48.0 Å². The SMILES string of the molecule is Cl.Cl.Fc1cc(F)cc(CN2CCC(Nc3ncnc4sccc34)CC2)c1. The molecule has 0 unspecified atom stereocenters. The van der Waals surface area contributed by atoms with Gasteiger partial charge in [0.1, 0.15) is 28.6 Å². The van der Waals surface area contributed by atoms with Gasteiger partial charge in [-0.25, -0.2) is 18.7 Å². The van der Waals surface area contributed by atoms with E-state index < -0.39 is 11.6 Å². The molecule has 27 heavy (non-hydrogen) atoms. The number of rotatable bonds is 4. The van der Waals surface area contributed by atoms with Gasteiger partial charge in [-0.15, -0.1) is 36.2 Å². The minimum absolute atomic E-state index is 0. The van der Waals surface area contributed by atoms with Gasteiger partial charge in [0.05, 0.1) is 5.39 Å². The predicted molar refractivity (Wildman–Crippen MR) is 110 cm³/mol. The van der Waals surface area contributed by atoms with Crippen LogP contribution in [0.15, 0.2) is 36.0 Å². The van der Waals surface area contributed by atoms with Crippen LogP contribution in [0.1, 0.15) is 18.4 Å². The highest BCUT2D eigenvalue weighted by Crippen LogP contribution is 2.26. The van der Waals surface area contributed by atoms with Gasteiger partial charge in [0.25, 0.3) is 0 Å². The highest BCUT2D eigenvalue weighted by atomic mass is 35.5. The third-order valence-corrected chi connectivity index (χ3v) is 5.34. The molecule has 4 nitrogen and oxygen atoms in total. The van der Waals surface area contributed by atoms with Crippen LogP contribution in [0, 0.1) is 11.6 Å². The zero-order chi connectivity index (χ0) is 17.2. The van der Waals surface area contributed by atoms with E-state index in [1.165, 1.54) is 12.1 Å². The predicted octanol–water partition coefficient (Wildman–Crippen LogP) is 4.89. The van der Waals surface area contributed by atoms with E-state index in [4.69, 9.17) is 0 Å². The third-order valence-electron chi connectivity index (χ3n) is 4.52. The summed E-state index contributed by atoms with van der Waals surface area (Å²) in [6, 6.07) is 6.10. The average molecular weight is 433 g/mol. The molecule has 1 aliphatic heterocycles. The topological polar surface area (TPSA) is 41.0 Å². The molecule has 9 heteroatoms. The summed E-state index contributed by atoms with van der Waals surface area (Å²) < 4.78 is 26.6. The molecule has 1 saturated heterocycles. The summed E-state index contributed by atoms with van der Waals surface area (Å²) in [5.74, 6) is -0.151. The van der Waals surface area contributed by atoms with Gasteiger partial charge in [-0.1, -0.05) is 0 Å². The summed E-state index contributed by atoms with van der Waals surface area (Å²) in [5.41, 5.74) is 0.680. The first-order valence-electron chi connectivity index (χ1n) is 8.29. The van der Waals surface area contributed by atoms with Crippen LogP contribution in [-0.4, -0.2) is 34.0 Å². The van der Waals surface area contributed by atoms with Crippen LogP contribution in [0.25, 0.3) is 10.2 Å². The number of fused-ring (bicyclic) bond motifs is 1. The van der Waals surface area contributed by atoms with E-state index in [9.17, 15) is 8.78 Å². The summed E-state index contributed by atoms with van der Waals surface area (Å²) in [6.45, 7) is 2.34. The van der Waals surface area contributed by atoms with Crippen LogP contribution in [0.2, 0.25) is 0 Å². The maximum Gasteiger partial charge on any atom is 0.138 e. The van der Waals surface area contributed by atoms with Crippen LogP contribution in [0.4, 0.5) is 14.6 Å². The molecule has 0 radical (unpaired) electrons. The van der Waals surface area contributed by atoms with E-state index in [1.807, 2.05) is 11.4 Å². The number of hydrogen-bond acceptors (Lipinski definition) is 5. The number of anilines is 1. The Hall–Kier alpha value is -1.54. The van der Waals surface area contributed by atoms with Gasteiger partial charge in [0.2, 0.25) is 0 Å². The van der Waals surface area contributed by atoms with Gasteiger partial charge < -0.3 is 5.32 Å². The number of nitrogens with one attached hydrogen (secondary N) is 1. The largest absolute Gasteiger partial charge is 0.367 e. The van der Waals surface area contributed by atoms with Crippen molar-refractivity contribution in [2.45, 2.75) is 25.4 Å². The first-order chi connectivity index (χ1) is 12.2.